The maximum Gasteiger partial charge on any atom is 0.219 e. The average molecular weight is 407 g/mol. The molecule has 2 aromatic carbocycles. The molecule has 2 aliphatic heterocycles. The highest BCUT2D eigenvalue weighted by Gasteiger charge is 2.48. The van der Waals surface area contributed by atoms with Gasteiger partial charge in [0.25, 0.3) is 0 Å². The molecule has 2 saturated heterocycles. The van der Waals surface area contributed by atoms with Crippen LogP contribution in [0.1, 0.15) is 24.1 Å². The largest absolute Gasteiger partial charge is 0.335 e. The van der Waals surface area contributed by atoms with Crippen molar-refractivity contribution in [2.45, 2.75) is 19.5 Å². The second-order valence-electron chi connectivity index (χ2n) is 7.54. The van der Waals surface area contributed by atoms with Crippen LogP contribution in [0, 0.1) is 17.7 Å². The van der Waals surface area contributed by atoms with Crippen LogP contribution in [0.4, 0.5) is 4.39 Å². The summed E-state index contributed by atoms with van der Waals surface area (Å²) >= 11 is 12.1. The van der Waals surface area contributed by atoms with Gasteiger partial charge < -0.3 is 4.90 Å². The summed E-state index contributed by atoms with van der Waals surface area (Å²) < 4.78 is 13.8. The van der Waals surface area contributed by atoms with Crippen molar-refractivity contribution in [3.63, 3.8) is 0 Å². The first-order chi connectivity index (χ1) is 12.9. The van der Waals surface area contributed by atoms with E-state index in [1.807, 2.05) is 29.2 Å². The smallest absolute Gasteiger partial charge is 0.219 e. The van der Waals surface area contributed by atoms with Crippen LogP contribution >= 0.6 is 23.2 Å². The van der Waals surface area contributed by atoms with Crippen molar-refractivity contribution >= 4 is 29.1 Å². The van der Waals surface area contributed by atoms with E-state index in [4.69, 9.17) is 23.2 Å². The van der Waals surface area contributed by atoms with Crippen molar-refractivity contribution in [1.82, 2.24) is 9.80 Å². The molecule has 0 saturated carbocycles. The normalized spacial score (nSPS) is 25.0. The first-order valence-electron chi connectivity index (χ1n) is 9.11. The first kappa shape index (κ1) is 18.7. The van der Waals surface area contributed by atoms with E-state index in [9.17, 15) is 9.18 Å². The average Bonchev–Trinajstić information content (AvgIpc) is 3.15. The summed E-state index contributed by atoms with van der Waals surface area (Å²) in [6.45, 7) is 4.90. The van der Waals surface area contributed by atoms with E-state index in [0.29, 0.717) is 21.9 Å². The molecule has 2 aliphatic rings. The van der Waals surface area contributed by atoms with Crippen molar-refractivity contribution in [3.05, 3.63) is 69.5 Å². The fourth-order valence-electron chi connectivity index (χ4n) is 4.60. The number of benzene rings is 2. The predicted octanol–water partition coefficient (Wildman–Crippen LogP) is 4.78. The summed E-state index contributed by atoms with van der Waals surface area (Å²) in [5.41, 5.74) is 2.00. The lowest BCUT2D eigenvalue weighted by molar-refractivity contribution is -0.130. The highest BCUT2D eigenvalue weighted by Crippen LogP contribution is 2.45. The van der Waals surface area contributed by atoms with Gasteiger partial charge in [-0.3, -0.25) is 9.69 Å². The predicted molar refractivity (Wildman–Crippen MR) is 105 cm³/mol. The van der Waals surface area contributed by atoms with Gasteiger partial charge in [-0.15, -0.1) is 0 Å². The molecule has 6 heteroatoms. The third-order valence-electron chi connectivity index (χ3n) is 5.72. The number of fused-ring (bicyclic) bond motifs is 1. The number of likely N-dealkylation sites (tertiary alicyclic amines) is 2. The van der Waals surface area contributed by atoms with Gasteiger partial charge in [0.15, 0.2) is 0 Å². The summed E-state index contributed by atoms with van der Waals surface area (Å²) in [5.74, 6) is 0.489. The zero-order chi connectivity index (χ0) is 19.1. The Morgan fingerprint density at radius 1 is 1.11 bits per heavy atom. The standard InChI is InChI=1S/C21H21Cl2FN2O/c1-13(27)26-11-16-10-25(9-14-5-6-19(22)20(23)7-14)12-18(16)21(26)15-3-2-4-17(24)8-15/h2-8,16,18,21H,9-12H2,1H3/t16-,18-,21+/m1/s1. The van der Waals surface area contributed by atoms with Gasteiger partial charge in [-0.25, -0.2) is 4.39 Å². The Bertz CT molecular complexity index is 875. The van der Waals surface area contributed by atoms with E-state index in [0.717, 1.165) is 37.3 Å². The maximum absolute atomic E-state index is 13.8. The van der Waals surface area contributed by atoms with Crippen molar-refractivity contribution in [1.29, 1.82) is 0 Å². The highest BCUT2D eigenvalue weighted by molar-refractivity contribution is 6.42. The molecule has 2 heterocycles. The molecule has 3 nitrogen and oxygen atoms in total. The molecule has 3 atom stereocenters. The minimum Gasteiger partial charge on any atom is -0.335 e. The lowest BCUT2D eigenvalue weighted by Crippen LogP contribution is -2.34. The number of rotatable bonds is 3. The fourth-order valence-corrected chi connectivity index (χ4v) is 4.92. The SMILES string of the molecule is CC(=O)N1C[C@H]2CN(Cc3ccc(Cl)c(Cl)c3)C[C@H]2[C@@H]1c1cccc(F)c1. The van der Waals surface area contributed by atoms with Crippen molar-refractivity contribution in [2.75, 3.05) is 19.6 Å². The number of carbonyl (C=O) groups excluding carboxylic acids is 1. The van der Waals surface area contributed by atoms with E-state index >= 15 is 0 Å². The van der Waals surface area contributed by atoms with Gasteiger partial charge >= 0.3 is 0 Å². The number of nitrogens with zero attached hydrogens (tertiary/aromatic N) is 2. The number of hydrogen-bond acceptors (Lipinski definition) is 2. The second kappa shape index (κ2) is 7.42. The maximum atomic E-state index is 13.8. The first-order valence-corrected chi connectivity index (χ1v) is 9.87. The van der Waals surface area contributed by atoms with Crippen LogP contribution in [0.25, 0.3) is 0 Å². The van der Waals surface area contributed by atoms with Crippen LogP contribution in [-0.2, 0) is 11.3 Å². The van der Waals surface area contributed by atoms with E-state index in [2.05, 4.69) is 4.90 Å². The molecule has 0 N–H and O–H groups in total. The van der Waals surface area contributed by atoms with Crippen LogP contribution in [0.2, 0.25) is 10.0 Å². The molecule has 1 amide bonds. The molecular formula is C21H21Cl2FN2O. The van der Waals surface area contributed by atoms with Crippen LogP contribution in [0.15, 0.2) is 42.5 Å². The molecule has 0 radical (unpaired) electrons. The lowest BCUT2D eigenvalue weighted by atomic mass is 9.89. The molecule has 0 aliphatic carbocycles. The molecule has 2 fully saturated rings. The van der Waals surface area contributed by atoms with Crippen LogP contribution in [0.3, 0.4) is 0 Å². The molecule has 4 rings (SSSR count). The summed E-state index contributed by atoms with van der Waals surface area (Å²) in [4.78, 5) is 16.5. The van der Waals surface area contributed by atoms with Gasteiger partial charge in [0.05, 0.1) is 16.1 Å². The Balaban J connectivity index is 1.54. The number of hydrogen-bond donors (Lipinski definition) is 0. The molecule has 142 valence electrons. The minimum atomic E-state index is -0.259. The van der Waals surface area contributed by atoms with Crippen molar-refractivity contribution in [2.24, 2.45) is 11.8 Å². The molecule has 2 aromatic rings. The van der Waals surface area contributed by atoms with E-state index in [-0.39, 0.29) is 17.8 Å². The van der Waals surface area contributed by atoms with Gasteiger partial charge in [0, 0.05) is 39.0 Å². The Morgan fingerprint density at radius 3 is 2.63 bits per heavy atom. The number of carbonyl (C=O) groups is 1. The van der Waals surface area contributed by atoms with Crippen molar-refractivity contribution in [3.8, 4) is 0 Å². The zero-order valence-electron chi connectivity index (χ0n) is 15.0. The molecular weight excluding hydrogens is 386 g/mol. The second-order valence-corrected chi connectivity index (χ2v) is 8.35. The lowest BCUT2D eigenvalue weighted by Gasteiger charge is -2.29. The van der Waals surface area contributed by atoms with E-state index in [1.54, 1.807) is 19.1 Å². The van der Waals surface area contributed by atoms with Crippen LogP contribution in [-0.4, -0.2) is 35.3 Å². The third kappa shape index (κ3) is 3.71. The quantitative estimate of drug-likeness (QED) is 0.731. The summed E-state index contributed by atoms with van der Waals surface area (Å²) in [5, 5.41) is 1.12. The molecule has 0 bridgehead atoms. The summed E-state index contributed by atoms with van der Waals surface area (Å²) in [6, 6.07) is 12.3. The van der Waals surface area contributed by atoms with E-state index < -0.39 is 0 Å². The van der Waals surface area contributed by atoms with Gasteiger partial charge in [0.2, 0.25) is 5.91 Å². The Hall–Kier alpha value is -1.62. The minimum absolute atomic E-state index is 0.0506. The van der Waals surface area contributed by atoms with E-state index in [1.165, 1.54) is 6.07 Å². The Labute approximate surface area is 168 Å². The highest BCUT2D eigenvalue weighted by atomic mass is 35.5. The monoisotopic (exact) mass is 406 g/mol. The van der Waals surface area contributed by atoms with Gasteiger partial charge in [-0.05, 0) is 41.3 Å². The third-order valence-corrected chi connectivity index (χ3v) is 6.46. The van der Waals surface area contributed by atoms with Gasteiger partial charge in [-0.1, -0.05) is 41.4 Å². The van der Waals surface area contributed by atoms with Crippen LogP contribution < -0.4 is 0 Å². The Kier molecular flexibility index (Phi) is 5.15. The summed E-state index contributed by atoms with van der Waals surface area (Å²) in [7, 11) is 0. The topological polar surface area (TPSA) is 23.6 Å². The molecule has 27 heavy (non-hydrogen) atoms. The van der Waals surface area contributed by atoms with Gasteiger partial charge in [0.1, 0.15) is 5.82 Å². The summed E-state index contributed by atoms with van der Waals surface area (Å²) in [6.07, 6.45) is 0. The molecule has 0 aromatic heterocycles. The van der Waals surface area contributed by atoms with Gasteiger partial charge in [-0.2, -0.15) is 0 Å². The zero-order valence-corrected chi connectivity index (χ0v) is 16.6. The van der Waals surface area contributed by atoms with Crippen LogP contribution in [0.5, 0.6) is 0 Å². The van der Waals surface area contributed by atoms with Crippen molar-refractivity contribution < 1.29 is 9.18 Å². The molecule has 0 spiro atoms. The number of amides is 1. The molecule has 0 unspecified atom stereocenters. The number of halogens is 3. The fraction of sp³-hybridized carbons (Fsp3) is 0.381. The Morgan fingerprint density at radius 2 is 1.93 bits per heavy atom.